The van der Waals surface area contributed by atoms with Gasteiger partial charge in [-0.25, -0.2) is 0 Å². The highest BCUT2D eigenvalue weighted by molar-refractivity contribution is 5.76. The molecule has 0 saturated carbocycles. The van der Waals surface area contributed by atoms with Crippen LogP contribution in [0.2, 0.25) is 0 Å². The van der Waals surface area contributed by atoms with Gasteiger partial charge in [0.25, 0.3) is 0 Å². The monoisotopic (exact) mass is 778 g/mol. The van der Waals surface area contributed by atoms with E-state index in [0.29, 0.717) is 25.9 Å². The van der Waals surface area contributed by atoms with Crippen LogP contribution in [0.15, 0.2) is 12.2 Å². The number of hydrogen-bond acceptors (Lipinski definition) is 5. The average Bonchev–Trinajstić information content (AvgIpc) is 3.18. The highest BCUT2D eigenvalue weighted by atomic mass is 16.5. The van der Waals surface area contributed by atoms with Gasteiger partial charge in [0.15, 0.2) is 0 Å². The molecular formula is C49H95NO5. The van der Waals surface area contributed by atoms with E-state index in [9.17, 15) is 19.8 Å². The molecule has 0 spiro atoms. The van der Waals surface area contributed by atoms with Crippen molar-refractivity contribution in [3.63, 3.8) is 0 Å². The number of nitrogens with one attached hydrogen (secondary N) is 1. The summed E-state index contributed by atoms with van der Waals surface area (Å²) in [5, 5.41) is 23.2. The van der Waals surface area contributed by atoms with Gasteiger partial charge in [-0.05, 0) is 51.4 Å². The van der Waals surface area contributed by atoms with Crippen molar-refractivity contribution < 1.29 is 24.5 Å². The Bertz CT molecular complexity index is 817. The summed E-state index contributed by atoms with van der Waals surface area (Å²) in [4.78, 5) is 24.4. The van der Waals surface area contributed by atoms with Crippen molar-refractivity contribution in [2.75, 3.05) is 13.2 Å². The minimum absolute atomic E-state index is 0.0279. The molecule has 0 bridgehead atoms. The number of allylic oxidation sites excluding steroid dienone is 2. The van der Waals surface area contributed by atoms with Crippen molar-refractivity contribution in [2.24, 2.45) is 0 Å². The van der Waals surface area contributed by atoms with Crippen LogP contribution in [-0.4, -0.2) is 47.4 Å². The number of aliphatic hydroxyl groups excluding tert-OH is 2. The lowest BCUT2D eigenvalue weighted by atomic mass is 10.0. The number of carbonyl (C=O) groups is 2. The third kappa shape index (κ3) is 42.0. The van der Waals surface area contributed by atoms with E-state index in [1.807, 2.05) is 0 Å². The van der Waals surface area contributed by atoms with Crippen LogP contribution in [-0.2, 0) is 14.3 Å². The number of aliphatic hydroxyl groups is 2. The first-order valence-corrected chi connectivity index (χ1v) is 24.4. The fraction of sp³-hybridized carbons (Fsp3) is 0.918. The van der Waals surface area contributed by atoms with E-state index >= 15 is 0 Å². The molecule has 0 radical (unpaired) electrons. The zero-order valence-corrected chi connectivity index (χ0v) is 36.9. The number of unbranched alkanes of at least 4 members (excludes halogenated alkanes) is 32. The maximum Gasteiger partial charge on any atom is 0.305 e. The van der Waals surface area contributed by atoms with E-state index in [-0.39, 0.29) is 18.5 Å². The summed E-state index contributed by atoms with van der Waals surface area (Å²) in [6.45, 7) is 4.88. The lowest BCUT2D eigenvalue weighted by Gasteiger charge is -2.22. The van der Waals surface area contributed by atoms with E-state index in [4.69, 9.17) is 4.74 Å². The molecule has 0 fully saturated rings. The van der Waals surface area contributed by atoms with Crippen LogP contribution in [0.5, 0.6) is 0 Å². The predicted molar refractivity (Wildman–Crippen MR) is 237 cm³/mol. The average molecular weight is 778 g/mol. The molecule has 0 aromatic carbocycles. The summed E-state index contributed by atoms with van der Waals surface area (Å²) in [6, 6.07) is -0.557. The second-order valence-corrected chi connectivity index (χ2v) is 16.8. The number of esters is 1. The summed E-state index contributed by atoms with van der Waals surface area (Å²) in [6.07, 6.45) is 50.2. The predicted octanol–water partition coefficient (Wildman–Crippen LogP) is 14.2. The zero-order valence-electron chi connectivity index (χ0n) is 36.9. The first kappa shape index (κ1) is 53.6. The molecule has 6 heteroatoms. The van der Waals surface area contributed by atoms with E-state index in [2.05, 4.69) is 31.3 Å². The van der Waals surface area contributed by atoms with E-state index < -0.39 is 12.1 Å². The molecule has 0 aromatic heterocycles. The molecule has 326 valence electrons. The normalized spacial score (nSPS) is 12.7. The SMILES string of the molecule is CCCCCC/C=C\CCCCCCCC(=O)OCCCCCCCCCCCCC(=O)NC(CO)C(O)CCCCCCCCCCCCCCCCC. The molecule has 0 aliphatic rings. The van der Waals surface area contributed by atoms with Crippen LogP contribution in [0.25, 0.3) is 0 Å². The largest absolute Gasteiger partial charge is 0.466 e. The van der Waals surface area contributed by atoms with Crippen LogP contribution < -0.4 is 5.32 Å². The van der Waals surface area contributed by atoms with Crippen molar-refractivity contribution in [3.05, 3.63) is 12.2 Å². The van der Waals surface area contributed by atoms with Crippen LogP contribution in [0.3, 0.4) is 0 Å². The standard InChI is InChI=1S/C49H95NO5/c1-3-5-7-9-11-13-15-17-18-20-21-25-29-33-37-41-47(52)46(45-51)50-48(53)42-38-34-30-26-23-24-28-32-36-40-44-55-49(54)43-39-35-31-27-22-19-16-14-12-10-8-6-4-2/h14,16,46-47,51-52H,3-13,15,17-45H2,1-2H3,(H,50,53)/b16-14-. The van der Waals surface area contributed by atoms with Gasteiger partial charge in [-0.1, -0.05) is 212 Å². The summed E-state index contributed by atoms with van der Waals surface area (Å²) in [7, 11) is 0. The van der Waals surface area contributed by atoms with E-state index in [0.717, 1.165) is 57.8 Å². The van der Waals surface area contributed by atoms with Gasteiger partial charge < -0.3 is 20.3 Å². The van der Waals surface area contributed by atoms with Gasteiger partial charge in [-0.3, -0.25) is 9.59 Å². The molecule has 2 unspecified atom stereocenters. The summed E-state index contributed by atoms with van der Waals surface area (Å²) >= 11 is 0. The molecule has 0 aliphatic heterocycles. The Morgan fingerprint density at radius 1 is 0.491 bits per heavy atom. The minimum atomic E-state index is -0.678. The molecule has 0 aromatic rings. The van der Waals surface area contributed by atoms with Gasteiger partial charge >= 0.3 is 5.97 Å². The van der Waals surface area contributed by atoms with Gasteiger partial charge in [0.2, 0.25) is 5.91 Å². The molecule has 0 heterocycles. The van der Waals surface area contributed by atoms with Gasteiger partial charge in [0.1, 0.15) is 0 Å². The van der Waals surface area contributed by atoms with Gasteiger partial charge in [-0.2, -0.15) is 0 Å². The lowest BCUT2D eigenvalue weighted by molar-refractivity contribution is -0.143. The lowest BCUT2D eigenvalue weighted by Crippen LogP contribution is -2.45. The van der Waals surface area contributed by atoms with Crippen LogP contribution in [0.4, 0.5) is 0 Å². The third-order valence-electron chi connectivity index (χ3n) is 11.3. The quantitative estimate of drug-likeness (QED) is 0.0325. The van der Waals surface area contributed by atoms with Gasteiger partial charge in [0, 0.05) is 12.8 Å². The maximum absolute atomic E-state index is 12.4. The summed E-state index contributed by atoms with van der Waals surface area (Å²) in [5.74, 6) is -0.0854. The van der Waals surface area contributed by atoms with Crippen molar-refractivity contribution in [1.82, 2.24) is 5.32 Å². The highest BCUT2D eigenvalue weighted by Gasteiger charge is 2.20. The van der Waals surface area contributed by atoms with Crippen molar-refractivity contribution in [3.8, 4) is 0 Å². The van der Waals surface area contributed by atoms with Crippen molar-refractivity contribution in [2.45, 2.75) is 276 Å². The molecule has 0 saturated heterocycles. The second kappa shape index (κ2) is 45.3. The number of ether oxygens (including phenoxy) is 1. The molecule has 3 N–H and O–H groups in total. The molecule has 6 nitrogen and oxygen atoms in total. The fourth-order valence-electron chi connectivity index (χ4n) is 7.51. The van der Waals surface area contributed by atoms with Crippen LogP contribution in [0.1, 0.15) is 264 Å². The Kier molecular flexibility index (Phi) is 44.2. The molecule has 0 rings (SSSR count). The second-order valence-electron chi connectivity index (χ2n) is 16.8. The topological polar surface area (TPSA) is 95.9 Å². The number of carbonyl (C=O) groups excluding carboxylic acids is 2. The molecule has 0 aliphatic carbocycles. The van der Waals surface area contributed by atoms with Crippen LogP contribution >= 0.6 is 0 Å². The Morgan fingerprint density at radius 2 is 0.855 bits per heavy atom. The Balaban J connectivity index is 3.49. The highest BCUT2D eigenvalue weighted by Crippen LogP contribution is 2.16. The molecule has 2 atom stereocenters. The van der Waals surface area contributed by atoms with Crippen LogP contribution in [0, 0.1) is 0 Å². The Hall–Kier alpha value is -1.40. The zero-order chi connectivity index (χ0) is 40.1. The Labute approximate surface area is 342 Å². The first-order valence-electron chi connectivity index (χ1n) is 24.4. The smallest absolute Gasteiger partial charge is 0.305 e. The summed E-state index contributed by atoms with van der Waals surface area (Å²) in [5.41, 5.74) is 0. The molecule has 1 amide bonds. The number of rotatable bonds is 45. The van der Waals surface area contributed by atoms with Gasteiger partial charge in [-0.15, -0.1) is 0 Å². The summed E-state index contributed by atoms with van der Waals surface area (Å²) < 4.78 is 5.44. The Morgan fingerprint density at radius 3 is 1.31 bits per heavy atom. The molecule has 55 heavy (non-hydrogen) atoms. The first-order chi connectivity index (χ1) is 27.0. The van der Waals surface area contributed by atoms with E-state index in [1.165, 1.54) is 173 Å². The maximum atomic E-state index is 12.4. The van der Waals surface area contributed by atoms with E-state index in [1.54, 1.807) is 0 Å². The van der Waals surface area contributed by atoms with Crippen molar-refractivity contribution in [1.29, 1.82) is 0 Å². The number of hydrogen-bond donors (Lipinski definition) is 3. The molecular weight excluding hydrogens is 683 g/mol. The van der Waals surface area contributed by atoms with Gasteiger partial charge in [0.05, 0.1) is 25.4 Å². The minimum Gasteiger partial charge on any atom is -0.466 e. The van der Waals surface area contributed by atoms with Crippen molar-refractivity contribution >= 4 is 11.9 Å². The fourth-order valence-corrected chi connectivity index (χ4v) is 7.51. The third-order valence-corrected chi connectivity index (χ3v) is 11.3. The number of amides is 1.